The predicted molar refractivity (Wildman–Crippen MR) is 110 cm³/mol. The number of nitrogens with one attached hydrogen (secondary N) is 1. The van der Waals surface area contributed by atoms with Gasteiger partial charge in [0.15, 0.2) is 11.2 Å². The maximum absolute atomic E-state index is 12.6. The lowest BCUT2D eigenvalue weighted by atomic mass is 10.2. The van der Waals surface area contributed by atoms with Crippen LogP contribution < -0.4 is 10.7 Å². The molecule has 0 saturated heterocycles. The summed E-state index contributed by atoms with van der Waals surface area (Å²) in [6.45, 7) is 0. The van der Waals surface area contributed by atoms with E-state index in [9.17, 15) is 9.59 Å². The van der Waals surface area contributed by atoms with E-state index in [4.69, 9.17) is 16.0 Å². The molecule has 7 heteroatoms. The number of fused-ring (bicyclic) bond motifs is 1. The number of amides is 1. The Balaban J connectivity index is 1.31. The molecular weight excluding hydrogens is 390 g/mol. The first kappa shape index (κ1) is 17.7. The minimum atomic E-state index is -0.401. The molecular formula is C22H16ClN3O3. The third-order valence-electron chi connectivity index (χ3n) is 5.07. The third-order valence-corrected chi connectivity index (χ3v) is 5.31. The lowest BCUT2D eigenvalue weighted by molar-refractivity contribution is 0.0923. The Morgan fingerprint density at radius 3 is 2.83 bits per heavy atom. The molecule has 1 aliphatic rings. The van der Waals surface area contributed by atoms with Crippen molar-refractivity contribution in [2.75, 3.05) is 0 Å². The molecule has 2 atom stereocenters. The van der Waals surface area contributed by atoms with Crippen LogP contribution in [0, 0.1) is 0 Å². The lowest BCUT2D eigenvalue weighted by Crippen LogP contribution is -2.27. The second-order valence-electron chi connectivity index (χ2n) is 7.09. The highest BCUT2D eigenvalue weighted by atomic mass is 35.5. The zero-order valence-electron chi connectivity index (χ0n) is 15.2. The predicted octanol–water partition coefficient (Wildman–Crippen LogP) is 3.92. The summed E-state index contributed by atoms with van der Waals surface area (Å²) in [5.41, 5.74) is 2.09. The Morgan fingerprint density at radius 1 is 1.17 bits per heavy atom. The van der Waals surface area contributed by atoms with E-state index in [1.54, 1.807) is 12.1 Å². The number of halogens is 1. The largest absolute Gasteiger partial charge is 0.451 e. The second-order valence-corrected chi connectivity index (χ2v) is 7.53. The molecule has 0 unspecified atom stereocenters. The standard InChI is InChI=1S/C22H16ClN3O3/c23-14-6-7-20-17(8-14)19(27)10-21(29-20)22(28)25-18-9-16(18)13-11-24-26(12-13)15-4-2-1-3-5-15/h1-8,10-12,16,18H,9H2,(H,25,28)/t16-,18+/m0/s1. The third kappa shape index (κ3) is 3.43. The molecule has 0 aliphatic heterocycles. The van der Waals surface area contributed by atoms with Gasteiger partial charge in [0.2, 0.25) is 0 Å². The van der Waals surface area contributed by atoms with Gasteiger partial charge in [0, 0.05) is 29.2 Å². The molecule has 2 aromatic heterocycles. The molecule has 4 aromatic rings. The Kier molecular flexibility index (Phi) is 4.21. The number of hydrogen-bond donors (Lipinski definition) is 1. The average Bonchev–Trinajstić information content (AvgIpc) is 3.31. The lowest BCUT2D eigenvalue weighted by Gasteiger charge is -2.05. The number of rotatable bonds is 4. The Morgan fingerprint density at radius 2 is 2.00 bits per heavy atom. The number of carbonyl (C=O) groups is 1. The number of hydrogen-bond acceptors (Lipinski definition) is 4. The van der Waals surface area contributed by atoms with Crippen LogP contribution in [0.15, 0.2) is 76.2 Å². The minimum Gasteiger partial charge on any atom is -0.451 e. The molecule has 0 radical (unpaired) electrons. The van der Waals surface area contributed by atoms with Crippen molar-refractivity contribution in [3.05, 3.63) is 93.6 Å². The van der Waals surface area contributed by atoms with E-state index in [2.05, 4.69) is 10.4 Å². The van der Waals surface area contributed by atoms with E-state index in [0.717, 1.165) is 17.7 Å². The molecule has 1 fully saturated rings. The highest BCUT2D eigenvalue weighted by molar-refractivity contribution is 6.31. The first-order valence-corrected chi connectivity index (χ1v) is 9.60. The number of benzene rings is 2. The van der Waals surface area contributed by atoms with Gasteiger partial charge in [0.05, 0.1) is 17.3 Å². The van der Waals surface area contributed by atoms with E-state index in [1.807, 2.05) is 47.4 Å². The molecule has 1 aliphatic carbocycles. The minimum absolute atomic E-state index is 0.00421. The zero-order chi connectivity index (χ0) is 20.0. The molecule has 0 bridgehead atoms. The van der Waals surface area contributed by atoms with E-state index < -0.39 is 5.91 Å². The quantitative estimate of drug-likeness (QED) is 0.558. The van der Waals surface area contributed by atoms with E-state index in [1.165, 1.54) is 12.1 Å². The number of nitrogens with zero attached hydrogens (tertiary/aromatic N) is 2. The van der Waals surface area contributed by atoms with Crippen LogP contribution in [-0.4, -0.2) is 21.7 Å². The summed E-state index contributed by atoms with van der Waals surface area (Å²) in [6.07, 6.45) is 4.62. The van der Waals surface area contributed by atoms with Crippen LogP contribution in [0.5, 0.6) is 0 Å². The molecule has 1 amide bonds. The summed E-state index contributed by atoms with van der Waals surface area (Å²) in [7, 11) is 0. The van der Waals surface area contributed by atoms with E-state index >= 15 is 0 Å². The zero-order valence-corrected chi connectivity index (χ0v) is 16.0. The fraction of sp³-hybridized carbons (Fsp3) is 0.136. The van der Waals surface area contributed by atoms with Gasteiger partial charge in [-0.15, -0.1) is 0 Å². The fourth-order valence-electron chi connectivity index (χ4n) is 3.45. The van der Waals surface area contributed by atoms with Gasteiger partial charge in [-0.25, -0.2) is 4.68 Å². The summed E-state index contributed by atoms with van der Waals surface area (Å²) in [5, 5.41) is 8.14. The van der Waals surface area contributed by atoms with Crippen LogP contribution in [0.25, 0.3) is 16.7 Å². The van der Waals surface area contributed by atoms with Gasteiger partial charge < -0.3 is 9.73 Å². The molecule has 6 nitrogen and oxygen atoms in total. The van der Waals surface area contributed by atoms with Gasteiger partial charge in [-0.05, 0) is 42.3 Å². The molecule has 1 saturated carbocycles. The number of aromatic nitrogens is 2. The highest BCUT2D eigenvalue weighted by Crippen LogP contribution is 2.41. The van der Waals surface area contributed by atoms with Crippen molar-refractivity contribution in [1.29, 1.82) is 0 Å². The van der Waals surface area contributed by atoms with Crippen molar-refractivity contribution < 1.29 is 9.21 Å². The van der Waals surface area contributed by atoms with Crippen LogP contribution >= 0.6 is 11.6 Å². The van der Waals surface area contributed by atoms with Crippen molar-refractivity contribution in [3.8, 4) is 5.69 Å². The Labute approximate surface area is 170 Å². The molecule has 29 heavy (non-hydrogen) atoms. The Hall–Kier alpha value is -3.38. The summed E-state index contributed by atoms with van der Waals surface area (Å²) in [4.78, 5) is 24.8. The molecule has 2 heterocycles. The number of para-hydroxylation sites is 1. The second kappa shape index (κ2) is 6.90. The molecule has 0 spiro atoms. The maximum atomic E-state index is 12.6. The summed E-state index contributed by atoms with van der Waals surface area (Å²) in [6, 6.07) is 15.8. The normalized spacial score (nSPS) is 18.0. The SMILES string of the molecule is O=C(N[C@@H]1C[C@H]1c1cnn(-c2ccccc2)c1)c1cc(=O)c2cc(Cl)ccc2o1. The van der Waals surface area contributed by atoms with Gasteiger partial charge in [0.1, 0.15) is 5.58 Å². The van der Waals surface area contributed by atoms with Crippen molar-refractivity contribution in [2.24, 2.45) is 0 Å². The van der Waals surface area contributed by atoms with Crippen LogP contribution in [0.3, 0.4) is 0 Å². The van der Waals surface area contributed by atoms with Crippen LogP contribution in [0.4, 0.5) is 0 Å². The molecule has 5 rings (SSSR count). The van der Waals surface area contributed by atoms with Crippen LogP contribution in [-0.2, 0) is 0 Å². The fourth-order valence-corrected chi connectivity index (χ4v) is 3.63. The summed E-state index contributed by atoms with van der Waals surface area (Å²) in [5.74, 6) is -0.209. The van der Waals surface area contributed by atoms with Crippen molar-refractivity contribution in [2.45, 2.75) is 18.4 Å². The topological polar surface area (TPSA) is 77.1 Å². The van der Waals surface area contributed by atoms with Crippen molar-refractivity contribution in [1.82, 2.24) is 15.1 Å². The summed E-state index contributed by atoms with van der Waals surface area (Å²) < 4.78 is 7.42. The van der Waals surface area contributed by atoms with Gasteiger partial charge in [0.25, 0.3) is 5.91 Å². The van der Waals surface area contributed by atoms with Crippen LogP contribution in [0.1, 0.15) is 28.5 Å². The van der Waals surface area contributed by atoms with E-state index in [-0.39, 0.29) is 23.1 Å². The van der Waals surface area contributed by atoms with Crippen LogP contribution in [0.2, 0.25) is 5.02 Å². The van der Waals surface area contributed by atoms with Gasteiger partial charge in [-0.1, -0.05) is 29.8 Å². The van der Waals surface area contributed by atoms with E-state index in [0.29, 0.717) is 16.0 Å². The number of carbonyl (C=O) groups excluding carboxylic acids is 1. The maximum Gasteiger partial charge on any atom is 0.287 e. The van der Waals surface area contributed by atoms with Crippen molar-refractivity contribution in [3.63, 3.8) is 0 Å². The van der Waals surface area contributed by atoms with Gasteiger partial charge in [-0.3, -0.25) is 9.59 Å². The highest BCUT2D eigenvalue weighted by Gasteiger charge is 2.41. The van der Waals surface area contributed by atoms with Crippen molar-refractivity contribution >= 4 is 28.5 Å². The Bertz CT molecular complexity index is 1280. The molecule has 2 aromatic carbocycles. The molecule has 144 valence electrons. The molecule has 1 N–H and O–H groups in total. The van der Waals surface area contributed by atoms with Gasteiger partial charge in [-0.2, -0.15) is 5.10 Å². The monoisotopic (exact) mass is 405 g/mol. The smallest absolute Gasteiger partial charge is 0.287 e. The first-order valence-electron chi connectivity index (χ1n) is 9.23. The summed E-state index contributed by atoms with van der Waals surface area (Å²) >= 11 is 5.92. The van der Waals surface area contributed by atoms with Gasteiger partial charge >= 0.3 is 0 Å². The average molecular weight is 406 g/mol. The first-order chi connectivity index (χ1) is 14.1.